The van der Waals surface area contributed by atoms with Crippen LogP contribution in [0.15, 0.2) is 35.8 Å². The Balaban J connectivity index is 1.39. The number of morpholine rings is 1. The topological polar surface area (TPSA) is 117 Å². The number of aromatic nitrogens is 3. The van der Waals surface area contributed by atoms with Crippen molar-refractivity contribution in [2.75, 3.05) is 45.3 Å². The van der Waals surface area contributed by atoms with Crippen molar-refractivity contribution in [1.82, 2.24) is 19.7 Å². The van der Waals surface area contributed by atoms with Gasteiger partial charge in [0.15, 0.2) is 18.1 Å². The molecule has 1 aromatic carbocycles. The van der Waals surface area contributed by atoms with Crippen LogP contribution in [0.4, 0.5) is 5.95 Å². The van der Waals surface area contributed by atoms with Crippen molar-refractivity contribution in [3.8, 4) is 11.5 Å². The van der Waals surface area contributed by atoms with E-state index in [0.29, 0.717) is 55.0 Å². The molecule has 3 aliphatic rings. The summed E-state index contributed by atoms with van der Waals surface area (Å²) in [6.07, 6.45) is 6.45. The fraction of sp³-hybridized carbons (Fsp3) is 0.538. The molecule has 198 valence electrons. The van der Waals surface area contributed by atoms with Gasteiger partial charge in [-0.15, -0.1) is 0 Å². The number of benzene rings is 1. The van der Waals surface area contributed by atoms with E-state index < -0.39 is 6.04 Å². The van der Waals surface area contributed by atoms with Crippen LogP contribution in [0.1, 0.15) is 50.6 Å². The minimum absolute atomic E-state index is 0.0753. The molecule has 2 aliphatic heterocycles. The number of hydrogen-bond donors (Lipinski definition) is 1. The Morgan fingerprint density at radius 2 is 1.92 bits per heavy atom. The number of nitrogens with one attached hydrogen (secondary N) is 1. The highest BCUT2D eigenvalue weighted by Gasteiger charge is 2.36. The van der Waals surface area contributed by atoms with Gasteiger partial charge in [0, 0.05) is 18.8 Å². The number of anilines is 1. The molecule has 1 aliphatic carbocycles. The maximum atomic E-state index is 13.5. The Morgan fingerprint density at radius 1 is 1.14 bits per heavy atom. The van der Waals surface area contributed by atoms with E-state index in [1.807, 2.05) is 13.0 Å². The number of carbonyl (C=O) groups is 2. The fourth-order valence-electron chi connectivity index (χ4n) is 5.08. The lowest BCUT2D eigenvalue weighted by Crippen LogP contribution is -2.43. The van der Waals surface area contributed by atoms with Gasteiger partial charge in [0.2, 0.25) is 5.95 Å². The number of rotatable bonds is 7. The predicted molar refractivity (Wildman–Crippen MR) is 133 cm³/mol. The maximum Gasteiger partial charge on any atom is 0.338 e. The number of carbonyl (C=O) groups excluding carboxylic acids is 2. The molecule has 3 heterocycles. The van der Waals surface area contributed by atoms with Crippen molar-refractivity contribution in [3.63, 3.8) is 0 Å². The fourth-order valence-corrected chi connectivity index (χ4v) is 5.08. The van der Waals surface area contributed by atoms with Crippen LogP contribution in [0.3, 0.4) is 0 Å². The number of fused-ring (bicyclic) bond motifs is 1. The van der Waals surface area contributed by atoms with Gasteiger partial charge in [0.1, 0.15) is 18.5 Å². The third kappa shape index (κ3) is 5.41. The molecule has 37 heavy (non-hydrogen) atoms. The molecule has 1 N–H and O–H groups in total. The van der Waals surface area contributed by atoms with Gasteiger partial charge in [0.25, 0.3) is 5.91 Å². The quantitative estimate of drug-likeness (QED) is 0.560. The molecule has 2 fully saturated rings. The summed E-state index contributed by atoms with van der Waals surface area (Å²) in [4.78, 5) is 32.0. The minimum Gasteiger partial charge on any atom is -0.493 e. The van der Waals surface area contributed by atoms with Crippen LogP contribution in [-0.4, -0.2) is 77.7 Å². The van der Waals surface area contributed by atoms with Crippen molar-refractivity contribution >= 4 is 17.8 Å². The van der Waals surface area contributed by atoms with Crippen LogP contribution < -0.4 is 14.8 Å². The predicted octanol–water partition coefficient (Wildman–Crippen LogP) is 2.69. The first kappa shape index (κ1) is 25.1. The van der Waals surface area contributed by atoms with Crippen LogP contribution >= 0.6 is 0 Å². The summed E-state index contributed by atoms with van der Waals surface area (Å²) in [5.74, 6) is 0.953. The van der Waals surface area contributed by atoms with E-state index >= 15 is 0 Å². The van der Waals surface area contributed by atoms with Gasteiger partial charge in [-0.3, -0.25) is 4.79 Å². The molecule has 0 spiro atoms. The Hall–Kier alpha value is -3.60. The number of ether oxygens (including phenoxy) is 4. The average molecular weight is 512 g/mol. The second-order valence-electron chi connectivity index (χ2n) is 9.45. The number of allylic oxidation sites excluding steroid dienone is 1. The van der Waals surface area contributed by atoms with Crippen LogP contribution in [0.25, 0.3) is 0 Å². The highest BCUT2D eigenvalue weighted by atomic mass is 16.5. The molecule has 1 unspecified atom stereocenters. The van der Waals surface area contributed by atoms with Crippen LogP contribution in [-0.2, 0) is 19.1 Å². The number of esters is 1. The standard InChI is InChI=1S/C26H33N5O6/c1-17-23(25(33)37-19-6-4-3-5-7-19)24(31-26(29-17)27-16-28-31)18-8-9-20(21(14-18)34-2)36-15-22(32)30-10-12-35-13-11-30/h8-9,14,16,19,24H,3-7,10-13,15H2,1-2H3,(H,27,28,29). The highest BCUT2D eigenvalue weighted by Crippen LogP contribution is 2.39. The molecule has 2 aromatic rings. The summed E-state index contributed by atoms with van der Waals surface area (Å²) in [7, 11) is 1.54. The van der Waals surface area contributed by atoms with Crippen molar-refractivity contribution in [2.45, 2.75) is 51.2 Å². The second-order valence-corrected chi connectivity index (χ2v) is 9.45. The SMILES string of the molecule is COc1cc(C2C(C(=O)OC3CCCCC3)=C(C)Nc3ncnn32)ccc1OCC(=O)N1CCOCC1. The van der Waals surface area contributed by atoms with Crippen molar-refractivity contribution < 1.29 is 28.5 Å². The van der Waals surface area contributed by atoms with Gasteiger partial charge < -0.3 is 29.2 Å². The zero-order chi connectivity index (χ0) is 25.8. The lowest BCUT2D eigenvalue weighted by atomic mass is 9.94. The average Bonchev–Trinajstić information content (AvgIpc) is 3.40. The summed E-state index contributed by atoms with van der Waals surface area (Å²) in [5.41, 5.74) is 1.90. The van der Waals surface area contributed by atoms with Crippen LogP contribution in [0.5, 0.6) is 11.5 Å². The Morgan fingerprint density at radius 3 is 2.68 bits per heavy atom. The van der Waals surface area contributed by atoms with E-state index in [2.05, 4.69) is 15.4 Å². The third-order valence-electron chi connectivity index (χ3n) is 7.06. The number of nitrogens with zero attached hydrogens (tertiary/aromatic N) is 4. The summed E-state index contributed by atoms with van der Waals surface area (Å²) < 4.78 is 24.4. The summed E-state index contributed by atoms with van der Waals surface area (Å²) >= 11 is 0. The zero-order valence-corrected chi connectivity index (χ0v) is 21.3. The summed E-state index contributed by atoms with van der Waals surface area (Å²) in [6.45, 7) is 3.91. The number of methoxy groups -OCH3 is 1. The lowest BCUT2D eigenvalue weighted by molar-refractivity contribution is -0.146. The lowest BCUT2D eigenvalue weighted by Gasteiger charge is -2.30. The monoisotopic (exact) mass is 511 g/mol. The van der Waals surface area contributed by atoms with E-state index in [4.69, 9.17) is 18.9 Å². The van der Waals surface area contributed by atoms with E-state index in [-0.39, 0.29) is 24.6 Å². The van der Waals surface area contributed by atoms with E-state index in [0.717, 1.165) is 31.2 Å². The summed E-state index contributed by atoms with van der Waals surface area (Å²) in [5, 5.41) is 7.56. The van der Waals surface area contributed by atoms with Crippen molar-refractivity contribution in [2.24, 2.45) is 0 Å². The van der Waals surface area contributed by atoms with Gasteiger partial charge in [-0.2, -0.15) is 10.1 Å². The molecule has 1 saturated carbocycles. The molecule has 11 heteroatoms. The molecule has 1 amide bonds. The zero-order valence-electron chi connectivity index (χ0n) is 21.3. The van der Waals surface area contributed by atoms with Crippen LogP contribution in [0.2, 0.25) is 0 Å². The first-order valence-corrected chi connectivity index (χ1v) is 12.8. The summed E-state index contributed by atoms with van der Waals surface area (Å²) in [6, 6.07) is 4.84. The first-order chi connectivity index (χ1) is 18.0. The Labute approximate surface area is 215 Å². The van der Waals surface area contributed by atoms with Gasteiger partial charge in [-0.05, 0) is 50.3 Å². The second kappa shape index (κ2) is 11.2. The van der Waals surface area contributed by atoms with E-state index in [1.165, 1.54) is 12.7 Å². The largest absolute Gasteiger partial charge is 0.493 e. The number of amides is 1. The Bertz CT molecular complexity index is 1170. The van der Waals surface area contributed by atoms with Crippen molar-refractivity contribution in [3.05, 3.63) is 41.4 Å². The Kier molecular flexibility index (Phi) is 7.59. The first-order valence-electron chi connectivity index (χ1n) is 12.8. The van der Waals surface area contributed by atoms with Gasteiger partial charge >= 0.3 is 5.97 Å². The van der Waals surface area contributed by atoms with E-state index in [9.17, 15) is 9.59 Å². The third-order valence-corrected chi connectivity index (χ3v) is 7.06. The molecule has 5 rings (SSSR count). The van der Waals surface area contributed by atoms with Crippen LogP contribution in [0, 0.1) is 0 Å². The smallest absolute Gasteiger partial charge is 0.338 e. The molecule has 0 radical (unpaired) electrons. The van der Waals surface area contributed by atoms with Crippen molar-refractivity contribution in [1.29, 1.82) is 0 Å². The molecule has 1 atom stereocenters. The van der Waals surface area contributed by atoms with Gasteiger partial charge in [-0.1, -0.05) is 12.5 Å². The normalized spacial score (nSPS) is 20.2. The highest BCUT2D eigenvalue weighted by molar-refractivity contribution is 5.92. The molecule has 1 saturated heterocycles. The minimum atomic E-state index is -0.562. The molecule has 0 bridgehead atoms. The molecular formula is C26H33N5O6. The van der Waals surface area contributed by atoms with Gasteiger partial charge in [0.05, 0.1) is 25.9 Å². The van der Waals surface area contributed by atoms with E-state index in [1.54, 1.807) is 28.8 Å². The molecule has 1 aromatic heterocycles. The number of hydrogen-bond acceptors (Lipinski definition) is 9. The molecule has 11 nitrogen and oxygen atoms in total. The molecular weight excluding hydrogens is 478 g/mol. The van der Waals surface area contributed by atoms with Gasteiger partial charge in [-0.25, -0.2) is 9.48 Å². The maximum absolute atomic E-state index is 13.5.